The van der Waals surface area contributed by atoms with Gasteiger partial charge in [-0.15, -0.1) is 0 Å². The van der Waals surface area contributed by atoms with E-state index in [4.69, 9.17) is 25.2 Å². The van der Waals surface area contributed by atoms with Crippen LogP contribution < -0.4 is 11.3 Å². The second-order valence-electron chi connectivity index (χ2n) is 6.31. The number of aliphatic hydroxyl groups excluding tert-OH is 2. The topological polar surface area (TPSA) is 299 Å². The number of fused-ring (bicyclic) bond motifs is 1. The highest BCUT2D eigenvalue weighted by Crippen LogP contribution is 2.66. The van der Waals surface area contributed by atoms with Crippen molar-refractivity contribution in [3.8, 4) is 0 Å². The highest BCUT2D eigenvalue weighted by molar-refractivity contribution is 7.66. The third-order valence-corrected chi connectivity index (χ3v) is 7.74. The van der Waals surface area contributed by atoms with Gasteiger partial charge in [0.1, 0.15) is 18.3 Å². The van der Waals surface area contributed by atoms with E-state index >= 15 is 0 Å². The molecule has 186 valence electrons. The molecule has 3 heterocycles. The van der Waals surface area contributed by atoms with Crippen LogP contribution in [0, 0.1) is 6.08 Å². The van der Waals surface area contributed by atoms with Gasteiger partial charge >= 0.3 is 23.5 Å². The van der Waals surface area contributed by atoms with Gasteiger partial charge in [-0.3, -0.25) is 18.9 Å². The minimum atomic E-state index is -5.79. The number of phosphoric ester groups is 1. The lowest BCUT2D eigenvalue weighted by molar-refractivity contribution is -0.0550. The maximum absolute atomic E-state index is 14.4. The van der Waals surface area contributed by atoms with Crippen LogP contribution in [-0.2, 0) is 31.6 Å². The number of nitrogen functional groups attached to an aromatic ring is 1. The summed E-state index contributed by atoms with van der Waals surface area (Å²) in [7, 11) is -17.0. The first-order chi connectivity index (χ1) is 15.0. The molecule has 2 aromatic heterocycles. The van der Waals surface area contributed by atoms with Gasteiger partial charge < -0.3 is 40.3 Å². The minimum Gasteiger partial charge on any atom is -0.387 e. The number of rotatable bonds is 8. The van der Waals surface area contributed by atoms with E-state index in [1.54, 1.807) is 0 Å². The summed E-state index contributed by atoms with van der Waals surface area (Å²) in [6.45, 7) is -1.14. The summed E-state index contributed by atoms with van der Waals surface area (Å²) in [5.41, 5.74) is 3.48. The van der Waals surface area contributed by atoms with E-state index in [0.29, 0.717) is 4.57 Å². The number of nitrogens with two attached hydrogens (primary N) is 1. The van der Waals surface area contributed by atoms with E-state index in [2.05, 4.69) is 28.1 Å². The summed E-state index contributed by atoms with van der Waals surface area (Å²) < 4.78 is 65.1. The molecule has 3 rings (SSSR count). The van der Waals surface area contributed by atoms with Crippen molar-refractivity contribution < 1.29 is 65.8 Å². The zero-order chi connectivity index (χ0) is 24.9. The maximum atomic E-state index is 14.4. The molecule has 1 saturated heterocycles. The summed E-state index contributed by atoms with van der Waals surface area (Å²) in [5.74, 6) is -0.439. The van der Waals surface area contributed by atoms with Gasteiger partial charge in [-0.1, -0.05) is 0 Å². The van der Waals surface area contributed by atoms with Crippen LogP contribution in [0.5, 0.6) is 0 Å². The molecule has 0 bridgehead atoms. The molecule has 19 nitrogen and oxygen atoms in total. The average molecular weight is 541 g/mol. The van der Waals surface area contributed by atoms with Crippen LogP contribution in [0.15, 0.2) is 4.79 Å². The fourth-order valence-electron chi connectivity index (χ4n) is 2.75. The van der Waals surface area contributed by atoms with E-state index in [0.717, 1.165) is 0 Å². The molecule has 2 aromatic rings. The molecule has 2 unspecified atom stereocenters. The van der Waals surface area contributed by atoms with E-state index in [-0.39, 0.29) is 0 Å². The molecule has 1 aliphatic heterocycles. The summed E-state index contributed by atoms with van der Waals surface area (Å²) >= 11 is 0. The normalized spacial score (nSPS) is 27.5. The standard InChI is InChI=1S/C10H15FN5O14P3/c11-9-13-3-6(14-10(12)15-7(3)19)16(9)8-5(18)4(17)2(28-8)1-27-32(23,24)30-33(25,26)29-31(20,21)22/h2,4-5,8,17-18H,1H2,(H,23,24)(H,25,26)(H2,20,21,22)(H3,12,14,15,19)/t2-,4-,5-,8-/m1/s1. The Hall–Kier alpha value is -1.63. The Balaban J connectivity index is 1.77. The SMILES string of the molecule is Nc1nc2c(nc(F)n2[C@@H]2O[C@H](COP(=O)(O)OP(=O)(O)OP(=O)(O)O)[C@@H](O)[C@H]2O)c(=O)[nH]1. The molecule has 9 N–H and O–H groups in total. The number of aliphatic hydroxyl groups is 2. The molecule has 6 atom stereocenters. The largest absolute Gasteiger partial charge is 0.490 e. The van der Waals surface area contributed by atoms with E-state index in [1.165, 1.54) is 0 Å². The molecule has 0 saturated carbocycles. The average Bonchev–Trinajstić information content (AvgIpc) is 3.07. The molecular formula is C10H15FN5O14P3. The molecular weight excluding hydrogens is 526 g/mol. The number of aromatic amines is 1. The van der Waals surface area contributed by atoms with Crippen LogP contribution in [-0.4, -0.2) is 74.2 Å². The number of ether oxygens (including phenoxy) is 1. The Labute approximate surface area is 180 Å². The molecule has 1 aliphatic rings. The predicted molar refractivity (Wildman–Crippen MR) is 98.3 cm³/mol. The second kappa shape index (κ2) is 8.86. The van der Waals surface area contributed by atoms with Crippen LogP contribution in [0.1, 0.15) is 6.23 Å². The van der Waals surface area contributed by atoms with Gasteiger partial charge in [-0.2, -0.15) is 23.0 Å². The van der Waals surface area contributed by atoms with E-state index < -0.39 is 83.4 Å². The van der Waals surface area contributed by atoms with Crippen LogP contribution in [0.2, 0.25) is 0 Å². The molecule has 0 spiro atoms. The number of phosphoric acid groups is 3. The third-order valence-electron chi connectivity index (χ3n) is 3.94. The fourth-order valence-corrected chi connectivity index (χ4v) is 5.78. The molecule has 0 aromatic carbocycles. The van der Waals surface area contributed by atoms with Gasteiger partial charge in [0.05, 0.1) is 6.61 Å². The van der Waals surface area contributed by atoms with Crippen molar-refractivity contribution in [1.82, 2.24) is 19.5 Å². The predicted octanol–water partition coefficient (Wildman–Crippen LogP) is -2.20. The third kappa shape index (κ3) is 5.90. The summed E-state index contributed by atoms with van der Waals surface area (Å²) in [6, 6.07) is 0. The maximum Gasteiger partial charge on any atom is 0.490 e. The van der Waals surface area contributed by atoms with Crippen molar-refractivity contribution in [2.45, 2.75) is 24.5 Å². The van der Waals surface area contributed by atoms with Crippen LogP contribution in [0.4, 0.5) is 10.3 Å². The first kappa shape index (κ1) is 26.0. The zero-order valence-corrected chi connectivity index (χ0v) is 18.3. The Morgan fingerprint density at radius 1 is 1.09 bits per heavy atom. The van der Waals surface area contributed by atoms with Gasteiger partial charge in [-0.25, -0.2) is 13.7 Å². The summed E-state index contributed by atoms with van der Waals surface area (Å²) in [4.78, 5) is 56.4. The smallest absolute Gasteiger partial charge is 0.387 e. The van der Waals surface area contributed by atoms with Gasteiger partial charge in [-0.05, 0) is 0 Å². The van der Waals surface area contributed by atoms with Gasteiger partial charge in [0, 0.05) is 0 Å². The highest BCUT2D eigenvalue weighted by Gasteiger charge is 2.47. The van der Waals surface area contributed by atoms with Crippen molar-refractivity contribution in [3.05, 3.63) is 16.4 Å². The van der Waals surface area contributed by atoms with E-state index in [1.807, 2.05) is 0 Å². The van der Waals surface area contributed by atoms with Crippen LogP contribution in [0.25, 0.3) is 11.2 Å². The molecule has 0 aliphatic carbocycles. The van der Waals surface area contributed by atoms with Gasteiger partial charge in [0.15, 0.2) is 17.4 Å². The number of nitrogens with one attached hydrogen (secondary N) is 1. The van der Waals surface area contributed by atoms with Crippen molar-refractivity contribution in [3.63, 3.8) is 0 Å². The quantitative estimate of drug-likeness (QED) is 0.130. The Bertz CT molecular complexity index is 1260. The zero-order valence-electron chi connectivity index (χ0n) is 15.6. The van der Waals surface area contributed by atoms with Gasteiger partial charge in [0.25, 0.3) is 11.6 Å². The summed E-state index contributed by atoms with van der Waals surface area (Å²) in [5, 5.41) is 20.3. The molecule has 0 radical (unpaired) electrons. The number of halogens is 1. The number of anilines is 1. The first-order valence-electron chi connectivity index (χ1n) is 8.23. The molecule has 23 heteroatoms. The van der Waals surface area contributed by atoms with Crippen molar-refractivity contribution in [2.24, 2.45) is 0 Å². The molecule has 33 heavy (non-hydrogen) atoms. The molecule has 0 amide bonds. The lowest BCUT2D eigenvalue weighted by atomic mass is 10.1. The van der Waals surface area contributed by atoms with Crippen molar-refractivity contribution in [1.29, 1.82) is 0 Å². The van der Waals surface area contributed by atoms with E-state index in [9.17, 15) is 38.0 Å². The number of hydrogen-bond acceptors (Lipinski definition) is 13. The highest BCUT2D eigenvalue weighted by atomic mass is 31.3. The Morgan fingerprint density at radius 2 is 1.73 bits per heavy atom. The monoisotopic (exact) mass is 541 g/mol. The van der Waals surface area contributed by atoms with Crippen LogP contribution in [0.3, 0.4) is 0 Å². The summed E-state index contributed by atoms with van der Waals surface area (Å²) in [6.07, 6.45) is -8.73. The number of imidazole rings is 1. The lowest BCUT2D eigenvalue weighted by Crippen LogP contribution is -2.34. The minimum absolute atomic E-state index is 0.439. The van der Waals surface area contributed by atoms with Crippen LogP contribution >= 0.6 is 23.5 Å². The van der Waals surface area contributed by atoms with Crippen molar-refractivity contribution in [2.75, 3.05) is 12.3 Å². The fraction of sp³-hybridized carbons (Fsp3) is 0.500. The first-order valence-corrected chi connectivity index (χ1v) is 12.7. The Kier molecular flexibility index (Phi) is 6.98. The van der Waals surface area contributed by atoms with Crippen molar-refractivity contribution >= 4 is 40.6 Å². The lowest BCUT2D eigenvalue weighted by Gasteiger charge is -2.19. The number of nitrogens with zero attached hydrogens (tertiary/aromatic N) is 3. The number of aromatic nitrogens is 4. The number of hydrogen-bond donors (Lipinski definition) is 8. The van der Waals surface area contributed by atoms with Gasteiger partial charge in [0.2, 0.25) is 5.95 Å². The second-order valence-corrected chi connectivity index (χ2v) is 10.7. The Morgan fingerprint density at radius 3 is 2.33 bits per heavy atom. The number of H-pyrrole nitrogens is 1. The molecule has 1 fully saturated rings.